The third-order valence-corrected chi connectivity index (χ3v) is 4.40. The molecular weight excluding hydrogens is 340 g/mol. The molecule has 3 aromatic heterocycles. The highest BCUT2D eigenvalue weighted by Gasteiger charge is 2.25. The first-order valence-corrected chi connectivity index (χ1v) is 9.43. The van der Waals surface area contributed by atoms with Crippen molar-refractivity contribution in [3.05, 3.63) is 41.5 Å². The van der Waals surface area contributed by atoms with Crippen LogP contribution in [0.15, 0.2) is 24.7 Å². The molecule has 27 heavy (non-hydrogen) atoms. The Kier molecular flexibility index (Phi) is 5.54. The zero-order valence-electron chi connectivity index (χ0n) is 16.6. The number of aromatic nitrogens is 4. The van der Waals surface area contributed by atoms with E-state index in [4.69, 9.17) is 9.72 Å². The predicted octanol–water partition coefficient (Wildman–Crippen LogP) is 4.20. The van der Waals surface area contributed by atoms with Crippen LogP contribution in [0.1, 0.15) is 49.3 Å². The monoisotopic (exact) mass is 366 g/mol. The van der Waals surface area contributed by atoms with Gasteiger partial charge in [0.2, 0.25) is 0 Å². The number of pyridine rings is 2. The molecule has 6 nitrogen and oxygen atoms in total. The van der Waals surface area contributed by atoms with Gasteiger partial charge in [0, 0.05) is 35.5 Å². The summed E-state index contributed by atoms with van der Waals surface area (Å²) < 4.78 is 7.26. The van der Waals surface area contributed by atoms with Crippen LogP contribution >= 0.6 is 0 Å². The van der Waals surface area contributed by atoms with E-state index in [0.29, 0.717) is 31.1 Å². The van der Waals surface area contributed by atoms with Crippen LogP contribution in [0.2, 0.25) is 0 Å². The highest BCUT2D eigenvalue weighted by molar-refractivity contribution is 6.07. The van der Waals surface area contributed by atoms with Gasteiger partial charge in [0.1, 0.15) is 0 Å². The topological polar surface area (TPSA) is 69.9 Å². The summed E-state index contributed by atoms with van der Waals surface area (Å²) in [4.78, 5) is 22.1. The number of ether oxygens (including phenoxy) is 1. The van der Waals surface area contributed by atoms with Crippen LogP contribution in [-0.4, -0.2) is 32.3 Å². The summed E-state index contributed by atoms with van der Waals surface area (Å²) in [5.41, 5.74) is 4.79. The van der Waals surface area contributed by atoms with Crippen molar-refractivity contribution >= 4 is 17.0 Å². The lowest BCUT2D eigenvalue weighted by Crippen LogP contribution is -2.14. The molecule has 0 amide bonds. The molecule has 0 saturated carbocycles. The van der Waals surface area contributed by atoms with Crippen LogP contribution in [-0.2, 0) is 17.7 Å². The van der Waals surface area contributed by atoms with Crippen molar-refractivity contribution in [3.63, 3.8) is 0 Å². The summed E-state index contributed by atoms with van der Waals surface area (Å²) in [6.45, 7) is 11.1. The summed E-state index contributed by atoms with van der Waals surface area (Å²) in [5, 5.41) is 5.32. The number of aryl methyl sites for hydroxylation is 2. The van der Waals surface area contributed by atoms with Gasteiger partial charge in [0.25, 0.3) is 0 Å². The number of rotatable bonds is 6. The Bertz CT molecular complexity index is 976. The van der Waals surface area contributed by atoms with Gasteiger partial charge in [-0.3, -0.25) is 4.98 Å². The van der Waals surface area contributed by atoms with Gasteiger partial charge in [-0.15, -0.1) is 0 Å². The number of esters is 1. The molecule has 0 bridgehead atoms. The minimum absolute atomic E-state index is 0.317. The molecule has 0 aliphatic heterocycles. The molecule has 3 aromatic rings. The Balaban J connectivity index is 2.41. The molecule has 142 valence electrons. The maximum absolute atomic E-state index is 12.9. The van der Waals surface area contributed by atoms with Crippen LogP contribution in [0, 0.1) is 12.8 Å². The molecule has 0 aliphatic carbocycles. The summed E-state index contributed by atoms with van der Waals surface area (Å²) in [6.07, 6.45) is 6.06. The Morgan fingerprint density at radius 3 is 2.63 bits per heavy atom. The molecular formula is C21H26N4O2. The zero-order chi connectivity index (χ0) is 19.6. The number of hydrogen-bond donors (Lipinski definition) is 0. The minimum Gasteiger partial charge on any atom is -0.462 e. The molecule has 6 heteroatoms. The van der Waals surface area contributed by atoms with Crippen molar-refractivity contribution in [1.82, 2.24) is 19.7 Å². The first-order chi connectivity index (χ1) is 13.0. The quantitative estimate of drug-likeness (QED) is 0.612. The zero-order valence-corrected chi connectivity index (χ0v) is 16.6. The van der Waals surface area contributed by atoms with E-state index >= 15 is 0 Å². The fourth-order valence-electron chi connectivity index (χ4n) is 3.32. The third-order valence-electron chi connectivity index (χ3n) is 4.40. The van der Waals surface area contributed by atoms with Crippen molar-refractivity contribution < 1.29 is 9.53 Å². The molecule has 0 unspecified atom stereocenters. The summed E-state index contributed by atoms with van der Waals surface area (Å²) in [5.74, 6) is 0.00733. The first-order valence-electron chi connectivity index (χ1n) is 9.43. The molecule has 0 N–H and O–H groups in total. The Morgan fingerprint density at radius 1 is 1.22 bits per heavy atom. The lowest BCUT2D eigenvalue weighted by Gasteiger charge is -2.16. The van der Waals surface area contributed by atoms with Gasteiger partial charge in [-0.2, -0.15) is 5.10 Å². The van der Waals surface area contributed by atoms with Crippen LogP contribution in [0.3, 0.4) is 0 Å². The van der Waals surface area contributed by atoms with Crippen molar-refractivity contribution in [2.24, 2.45) is 5.92 Å². The third kappa shape index (κ3) is 3.70. The Morgan fingerprint density at radius 2 is 2.00 bits per heavy atom. The van der Waals surface area contributed by atoms with Gasteiger partial charge < -0.3 is 4.74 Å². The largest absolute Gasteiger partial charge is 0.462 e. The van der Waals surface area contributed by atoms with Crippen LogP contribution in [0.5, 0.6) is 0 Å². The molecule has 0 atom stereocenters. The smallest absolute Gasteiger partial charge is 0.340 e. The van der Waals surface area contributed by atoms with Gasteiger partial charge >= 0.3 is 5.97 Å². The van der Waals surface area contributed by atoms with E-state index in [-0.39, 0.29) is 5.97 Å². The normalized spacial score (nSPS) is 11.3. The summed E-state index contributed by atoms with van der Waals surface area (Å²) >= 11 is 0. The first kappa shape index (κ1) is 19.0. The lowest BCUT2D eigenvalue weighted by atomic mass is 9.93. The number of nitrogens with zero attached hydrogens (tertiary/aromatic N) is 4. The van der Waals surface area contributed by atoms with E-state index in [2.05, 4.69) is 23.9 Å². The molecule has 0 fully saturated rings. The van der Waals surface area contributed by atoms with E-state index in [1.165, 1.54) is 0 Å². The molecule has 0 saturated heterocycles. The number of carbonyl (C=O) groups is 1. The van der Waals surface area contributed by atoms with Gasteiger partial charge in [-0.05, 0) is 44.7 Å². The summed E-state index contributed by atoms with van der Waals surface area (Å²) in [6, 6.07) is 2.03. The average Bonchev–Trinajstić information content (AvgIpc) is 3.02. The Hall–Kier alpha value is -2.76. The van der Waals surface area contributed by atoms with E-state index in [9.17, 15) is 4.79 Å². The average molecular weight is 366 g/mol. The highest BCUT2D eigenvalue weighted by atomic mass is 16.5. The van der Waals surface area contributed by atoms with E-state index in [1.54, 1.807) is 18.6 Å². The number of carbonyl (C=O) groups excluding carboxylic acids is 1. The molecule has 0 aliphatic rings. The molecule has 0 aromatic carbocycles. The standard InChI is InChI=1S/C21H26N4O2/c1-6-25-20-16(12-23-25)18(15-9-14(5)10-22-11-15)19(21(26)27-7-2)17(24-20)8-13(3)4/h9-13H,6-8H2,1-5H3. The lowest BCUT2D eigenvalue weighted by molar-refractivity contribution is 0.0525. The fraction of sp³-hybridized carbons (Fsp3) is 0.429. The molecule has 0 radical (unpaired) electrons. The summed E-state index contributed by atoms with van der Waals surface area (Å²) in [7, 11) is 0. The SMILES string of the molecule is CCOC(=O)c1c(CC(C)C)nc2c(cnn2CC)c1-c1cncc(C)c1. The maximum Gasteiger partial charge on any atom is 0.340 e. The molecule has 0 spiro atoms. The van der Waals surface area contributed by atoms with Crippen LogP contribution in [0.4, 0.5) is 0 Å². The second kappa shape index (κ2) is 7.86. The van der Waals surface area contributed by atoms with Crippen molar-refractivity contribution in [1.29, 1.82) is 0 Å². The van der Waals surface area contributed by atoms with Crippen molar-refractivity contribution in [3.8, 4) is 11.1 Å². The highest BCUT2D eigenvalue weighted by Crippen LogP contribution is 2.34. The second-order valence-electron chi connectivity index (χ2n) is 7.08. The van der Waals surface area contributed by atoms with Gasteiger partial charge in [0.05, 0.1) is 24.1 Å². The number of hydrogen-bond acceptors (Lipinski definition) is 5. The van der Waals surface area contributed by atoms with E-state index < -0.39 is 0 Å². The molecule has 3 heterocycles. The van der Waals surface area contributed by atoms with Gasteiger partial charge in [-0.25, -0.2) is 14.5 Å². The van der Waals surface area contributed by atoms with E-state index in [1.807, 2.05) is 31.5 Å². The van der Waals surface area contributed by atoms with Crippen LogP contribution in [0.25, 0.3) is 22.2 Å². The maximum atomic E-state index is 12.9. The van der Waals surface area contributed by atoms with Crippen molar-refractivity contribution in [2.45, 2.75) is 47.6 Å². The predicted molar refractivity (Wildman–Crippen MR) is 106 cm³/mol. The van der Waals surface area contributed by atoms with Crippen LogP contribution < -0.4 is 0 Å². The molecule has 3 rings (SSSR count). The number of fused-ring (bicyclic) bond motifs is 1. The van der Waals surface area contributed by atoms with Crippen molar-refractivity contribution in [2.75, 3.05) is 6.61 Å². The second-order valence-corrected chi connectivity index (χ2v) is 7.08. The van der Waals surface area contributed by atoms with Gasteiger partial charge in [-0.1, -0.05) is 13.8 Å². The Labute approximate surface area is 159 Å². The minimum atomic E-state index is -0.344. The fourth-order valence-corrected chi connectivity index (χ4v) is 3.32. The van der Waals surface area contributed by atoms with E-state index in [0.717, 1.165) is 33.4 Å². The van der Waals surface area contributed by atoms with Gasteiger partial charge in [0.15, 0.2) is 5.65 Å².